The second-order valence-electron chi connectivity index (χ2n) is 9.54. The van der Waals surface area contributed by atoms with Crippen LogP contribution in [0, 0.1) is 13.8 Å². The van der Waals surface area contributed by atoms with E-state index in [-0.39, 0.29) is 18.0 Å². The lowest BCUT2D eigenvalue weighted by atomic mass is 10.0. The molecule has 1 aliphatic heterocycles. The number of nitrogens with zero attached hydrogens (tertiary/aromatic N) is 3. The average Bonchev–Trinajstić information content (AvgIpc) is 3.27. The predicted molar refractivity (Wildman–Crippen MR) is 140 cm³/mol. The van der Waals surface area contributed by atoms with Crippen LogP contribution in [-0.4, -0.2) is 58.4 Å². The van der Waals surface area contributed by atoms with E-state index in [1.807, 2.05) is 45.9 Å². The van der Waals surface area contributed by atoms with Crippen molar-refractivity contribution in [2.75, 3.05) is 25.0 Å². The standard InChI is InChI=1S/C26H39N5O2S/c1-18(2)31(26(33)29-24-19(3)10-8-11-20(24)4)16-23-28-22(17-34-23)25(32)27-13-9-15-30-14-7-6-12-21(30)5/h8,10-11,17-18,21H,6-7,9,12-16H2,1-5H3,(H,27,32)(H,29,33). The number of rotatable bonds is 9. The number of aryl methyl sites for hydroxylation is 2. The number of amides is 3. The van der Waals surface area contributed by atoms with Crippen LogP contribution < -0.4 is 10.6 Å². The van der Waals surface area contributed by atoms with E-state index >= 15 is 0 Å². The zero-order chi connectivity index (χ0) is 24.7. The van der Waals surface area contributed by atoms with Gasteiger partial charge in [0.05, 0.1) is 6.54 Å². The molecule has 0 radical (unpaired) electrons. The van der Waals surface area contributed by atoms with Crippen LogP contribution in [0.25, 0.3) is 0 Å². The lowest BCUT2D eigenvalue weighted by molar-refractivity contribution is 0.0944. The fourth-order valence-electron chi connectivity index (χ4n) is 4.38. The normalized spacial score (nSPS) is 16.5. The van der Waals surface area contributed by atoms with Crippen LogP contribution in [0.4, 0.5) is 10.5 Å². The predicted octanol–water partition coefficient (Wildman–Crippen LogP) is 5.20. The number of thiazole rings is 1. The summed E-state index contributed by atoms with van der Waals surface area (Å²) in [7, 11) is 0. The second kappa shape index (κ2) is 12.3. The van der Waals surface area contributed by atoms with E-state index in [4.69, 9.17) is 0 Å². The van der Waals surface area contributed by atoms with Gasteiger partial charge in [0.1, 0.15) is 10.7 Å². The van der Waals surface area contributed by atoms with E-state index in [2.05, 4.69) is 27.4 Å². The van der Waals surface area contributed by atoms with Crippen molar-refractivity contribution < 1.29 is 9.59 Å². The number of carbonyl (C=O) groups is 2. The number of para-hydroxylation sites is 1. The first-order valence-corrected chi connectivity index (χ1v) is 13.2. The van der Waals surface area contributed by atoms with E-state index in [9.17, 15) is 9.59 Å². The summed E-state index contributed by atoms with van der Waals surface area (Å²) in [5.74, 6) is -0.148. The molecule has 1 saturated heterocycles. The number of piperidine rings is 1. The Hall–Kier alpha value is -2.45. The van der Waals surface area contributed by atoms with Gasteiger partial charge in [-0.2, -0.15) is 0 Å². The van der Waals surface area contributed by atoms with Gasteiger partial charge in [-0.15, -0.1) is 11.3 Å². The third kappa shape index (κ3) is 7.03. The Labute approximate surface area is 207 Å². The first kappa shape index (κ1) is 26.2. The van der Waals surface area contributed by atoms with Crippen LogP contribution >= 0.6 is 11.3 Å². The summed E-state index contributed by atoms with van der Waals surface area (Å²) >= 11 is 1.41. The van der Waals surface area contributed by atoms with Crippen LogP contribution in [0.2, 0.25) is 0 Å². The fraction of sp³-hybridized carbons (Fsp3) is 0.577. The molecule has 186 valence electrons. The number of hydrogen-bond acceptors (Lipinski definition) is 5. The molecule has 1 aromatic heterocycles. The molecule has 0 saturated carbocycles. The summed E-state index contributed by atoms with van der Waals surface area (Å²) in [5, 5.41) is 8.58. The van der Waals surface area contributed by atoms with Gasteiger partial charge in [0.15, 0.2) is 0 Å². The summed E-state index contributed by atoms with van der Waals surface area (Å²) in [6.45, 7) is 13.4. The summed E-state index contributed by atoms with van der Waals surface area (Å²) in [4.78, 5) is 34.4. The number of likely N-dealkylation sites (tertiary alicyclic amines) is 1. The lowest BCUT2D eigenvalue weighted by Gasteiger charge is -2.33. The molecular weight excluding hydrogens is 446 g/mol. The Balaban J connectivity index is 1.52. The third-order valence-corrected chi connectivity index (χ3v) is 7.37. The average molecular weight is 486 g/mol. The Kier molecular flexibility index (Phi) is 9.47. The Morgan fingerprint density at radius 1 is 1.24 bits per heavy atom. The number of benzene rings is 1. The molecule has 0 bridgehead atoms. The van der Waals surface area contributed by atoms with Crippen molar-refractivity contribution in [2.24, 2.45) is 0 Å². The molecule has 3 rings (SSSR count). The monoisotopic (exact) mass is 485 g/mol. The highest BCUT2D eigenvalue weighted by Crippen LogP contribution is 2.22. The molecule has 0 spiro atoms. The van der Waals surface area contributed by atoms with Crippen LogP contribution in [0.1, 0.15) is 73.1 Å². The maximum absolute atomic E-state index is 13.0. The second-order valence-corrected chi connectivity index (χ2v) is 10.5. The van der Waals surface area contributed by atoms with Crippen LogP contribution in [-0.2, 0) is 6.54 Å². The van der Waals surface area contributed by atoms with Crippen LogP contribution in [0.15, 0.2) is 23.6 Å². The molecule has 34 heavy (non-hydrogen) atoms. The maximum Gasteiger partial charge on any atom is 0.322 e. The SMILES string of the molecule is Cc1cccc(C)c1NC(=O)N(Cc1nc(C(=O)NCCCN2CCCCC2C)cs1)C(C)C. The minimum Gasteiger partial charge on any atom is -0.351 e. The van der Waals surface area contributed by atoms with Crippen molar-refractivity contribution in [3.63, 3.8) is 0 Å². The van der Waals surface area contributed by atoms with Gasteiger partial charge in [-0.1, -0.05) is 24.6 Å². The number of nitrogens with one attached hydrogen (secondary N) is 2. The van der Waals surface area contributed by atoms with Gasteiger partial charge in [0, 0.05) is 36.2 Å². The molecule has 2 aromatic rings. The number of anilines is 1. The molecule has 3 amide bonds. The van der Waals surface area contributed by atoms with E-state index in [0.717, 1.165) is 41.3 Å². The Morgan fingerprint density at radius 2 is 1.97 bits per heavy atom. The Bertz CT molecular complexity index is 954. The number of aromatic nitrogens is 1. The highest BCUT2D eigenvalue weighted by molar-refractivity contribution is 7.09. The summed E-state index contributed by atoms with van der Waals surface area (Å²) in [5.41, 5.74) is 3.32. The summed E-state index contributed by atoms with van der Waals surface area (Å²) in [6.07, 6.45) is 4.80. The molecule has 0 aliphatic carbocycles. The van der Waals surface area contributed by atoms with Gasteiger partial charge in [-0.25, -0.2) is 9.78 Å². The molecule has 1 aliphatic rings. The van der Waals surface area contributed by atoms with Gasteiger partial charge in [-0.3, -0.25) is 4.79 Å². The molecular formula is C26H39N5O2S. The van der Waals surface area contributed by atoms with E-state index in [1.54, 1.807) is 10.3 Å². The molecule has 7 nitrogen and oxygen atoms in total. The first-order chi connectivity index (χ1) is 16.3. The van der Waals surface area contributed by atoms with Crippen molar-refractivity contribution in [3.8, 4) is 0 Å². The third-order valence-electron chi connectivity index (χ3n) is 6.54. The summed E-state index contributed by atoms with van der Waals surface area (Å²) < 4.78 is 0. The van der Waals surface area contributed by atoms with E-state index in [0.29, 0.717) is 24.8 Å². The van der Waals surface area contributed by atoms with Gasteiger partial charge in [0.25, 0.3) is 5.91 Å². The Morgan fingerprint density at radius 3 is 2.65 bits per heavy atom. The van der Waals surface area contributed by atoms with Crippen molar-refractivity contribution >= 4 is 29.0 Å². The number of carbonyl (C=O) groups excluding carboxylic acids is 2. The van der Waals surface area contributed by atoms with Crippen molar-refractivity contribution in [1.82, 2.24) is 20.1 Å². The van der Waals surface area contributed by atoms with E-state index in [1.165, 1.54) is 30.6 Å². The van der Waals surface area contributed by atoms with Crippen molar-refractivity contribution in [1.29, 1.82) is 0 Å². The zero-order valence-electron chi connectivity index (χ0n) is 21.2. The maximum atomic E-state index is 13.0. The van der Waals surface area contributed by atoms with Crippen LogP contribution in [0.3, 0.4) is 0 Å². The fourth-order valence-corrected chi connectivity index (χ4v) is 5.15. The molecule has 8 heteroatoms. The number of urea groups is 1. The van der Waals surface area contributed by atoms with Crippen molar-refractivity contribution in [2.45, 2.75) is 78.9 Å². The number of hydrogen-bond donors (Lipinski definition) is 2. The molecule has 2 N–H and O–H groups in total. The molecule has 1 fully saturated rings. The van der Waals surface area contributed by atoms with Gasteiger partial charge >= 0.3 is 6.03 Å². The smallest absolute Gasteiger partial charge is 0.322 e. The van der Waals surface area contributed by atoms with Gasteiger partial charge < -0.3 is 20.4 Å². The first-order valence-electron chi connectivity index (χ1n) is 12.4. The molecule has 1 unspecified atom stereocenters. The highest BCUT2D eigenvalue weighted by atomic mass is 32.1. The van der Waals surface area contributed by atoms with Crippen molar-refractivity contribution in [3.05, 3.63) is 45.4 Å². The minimum absolute atomic E-state index is 0.0114. The quantitative estimate of drug-likeness (QED) is 0.479. The van der Waals surface area contributed by atoms with E-state index < -0.39 is 0 Å². The summed E-state index contributed by atoms with van der Waals surface area (Å²) in [6, 6.07) is 6.42. The van der Waals surface area contributed by atoms with Gasteiger partial charge in [0.2, 0.25) is 0 Å². The molecule has 1 aromatic carbocycles. The van der Waals surface area contributed by atoms with Gasteiger partial charge in [-0.05, 0) is 71.6 Å². The molecule has 1 atom stereocenters. The topological polar surface area (TPSA) is 77.6 Å². The highest BCUT2D eigenvalue weighted by Gasteiger charge is 2.21. The lowest BCUT2D eigenvalue weighted by Crippen LogP contribution is -2.39. The molecule has 2 heterocycles. The largest absolute Gasteiger partial charge is 0.351 e. The van der Waals surface area contributed by atoms with Crippen LogP contribution in [0.5, 0.6) is 0 Å². The zero-order valence-corrected chi connectivity index (χ0v) is 22.0. The minimum atomic E-state index is -0.166.